The minimum Gasteiger partial charge on any atom is -0.747 e. The van der Waals surface area contributed by atoms with Gasteiger partial charge in [-0.1, -0.05) is 139 Å². The van der Waals surface area contributed by atoms with Gasteiger partial charge in [0.1, 0.15) is 0 Å². The van der Waals surface area contributed by atoms with Gasteiger partial charge in [-0.2, -0.15) is 6.07 Å². The monoisotopic (exact) mass is 724 g/mol. The smallest absolute Gasteiger partial charge is 0.0594 e. The summed E-state index contributed by atoms with van der Waals surface area (Å²) in [6.45, 7) is 8.36. The van der Waals surface area contributed by atoms with Gasteiger partial charge in [-0.25, -0.2) is 20.1 Å². The minimum atomic E-state index is -0.562. The van der Waals surface area contributed by atoms with Crippen LogP contribution in [-0.4, -0.2) is 56.2 Å². The molecular weight excluding hydrogens is 678 g/mol. The Kier molecular flexibility index (Phi) is 14.6. The first-order valence-electron chi connectivity index (χ1n) is 17.0. The molecule has 1 aliphatic rings. The summed E-state index contributed by atoms with van der Waals surface area (Å²) >= 11 is 0. The first-order valence-corrected chi connectivity index (χ1v) is 19.7. The quantitative estimate of drug-likeness (QED) is 0.0847. The molecule has 1 heterocycles. The van der Waals surface area contributed by atoms with Gasteiger partial charge in [0.2, 0.25) is 0 Å². The fraction of sp³-hybridized carbons (Fsp3) is 0.209. The van der Waals surface area contributed by atoms with Crippen LogP contribution in [0.5, 0.6) is 0 Å². The van der Waals surface area contributed by atoms with E-state index < -0.39 is 15.8 Å². The van der Waals surface area contributed by atoms with Gasteiger partial charge in [0.25, 0.3) is 0 Å². The molecule has 1 atom stereocenters. The maximum atomic E-state index is 5.49. The minimum absolute atomic E-state index is 0. The second kappa shape index (κ2) is 19.3. The van der Waals surface area contributed by atoms with E-state index >= 15 is 0 Å². The second-order valence-electron chi connectivity index (χ2n) is 12.1. The third-order valence-electron chi connectivity index (χ3n) is 9.01. The zero-order valence-electron chi connectivity index (χ0n) is 28.5. The summed E-state index contributed by atoms with van der Waals surface area (Å²) in [5.41, 5.74) is 1.46. The van der Waals surface area contributed by atoms with Crippen LogP contribution in [0.15, 0.2) is 164 Å². The van der Waals surface area contributed by atoms with Crippen LogP contribution in [0.4, 0.5) is 0 Å². The Labute approximate surface area is 306 Å². The van der Waals surface area contributed by atoms with Crippen LogP contribution in [0.1, 0.15) is 18.5 Å². The molecule has 49 heavy (non-hydrogen) atoms. The molecule has 1 saturated heterocycles. The summed E-state index contributed by atoms with van der Waals surface area (Å²) in [6.07, 6.45) is 0. The summed E-state index contributed by atoms with van der Waals surface area (Å²) in [6, 6.07) is 59.5. The number of likely N-dealkylation sites (N-methyl/N-ethyl adjacent to an activating group) is 1. The van der Waals surface area contributed by atoms with Crippen molar-refractivity contribution < 1.29 is 21.8 Å². The predicted molar refractivity (Wildman–Crippen MR) is 210 cm³/mol. The van der Waals surface area contributed by atoms with E-state index in [1.165, 1.54) is 37.4 Å². The van der Waals surface area contributed by atoms with Crippen molar-refractivity contribution in [3.05, 3.63) is 169 Å². The van der Waals surface area contributed by atoms with Crippen LogP contribution >= 0.6 is 15.8 Å². The van der Waals surface area contributed by atoms with Crippen LogP contribution < -0.4 is 31.8 Å². The van der Waals surface area contributed by atoms with Crippen molar-refractivity contribution >= 4 is 47.7 Å². The van der Waals surface area contributed by atoms with Crippen molar-refractivity contribution in [1.82, 2.24) is 9.80 Å². The number of rotatable bonds is 11. The van der Waals surface area contributed by atoms with Gasteiger partial charge in [-0.05, 0) is 31.6 Å². The van der Waals surface area contributed by atoms with Gasteiger partial charge >= 0.3 is 0 Å². The van der Waals surface area contributed by atoms with E-state index in [9.17, 15) is 0 Å². The number of benzene rings is 4. The van der Waals surface area contributed by atoms with Gasteiger partial charge < -0.3 is 39.2 Å². The maximum absolute atomic E-state index is 5.49. The fourth-order valence-electron chi connectivity index (χ4n) is 6.23. The molecule has 3 nitrogen and oxygen atoms in total. The average Bonchev–Trinajstić information content (AvgIpc) is 3.87. The summed E-state index contributed by atoms with van der Waals surface area (Å²) in [4.78, 5) is 5.01. The van der Waals surface area contributed by atoms with E-state index in [0.29, 0.717) is 6.04 Å². The Bertz CT molecular complexity index is 1660. The van der Waals surface area contributed by atoms with Gasteiger partial charge in [0.15, 0.2) is 0 Å². The van der Waals surface area contributed by atoms with Crippen LogP contribution in [0, 0.1) is 0 Å². The van der Waals surface area contributed by atoms with Gasteiger partial charge in [0.05, 0.1) is 13.2 Å². The summed E-state index contributed by atoms with van der Waals surface area (Å²) in [7, 11) is 1.29. The third kappa shape index (κ3) is 9.97. The number of ether oxygens (including phenoxy) is 1. The molecule has 0 aliphatic carbocycles. The fourth-order valence-corrected chi connectivity index (χ4v) is 11.1. The van der Waals surface area contributed by atoms with Crippen LogP contribution in [0.3, 0.4) is 0 Å². The van der Waals surface area contributed by atoms with E-state index in [0.717, 1.165) is 39.4 Å². The molecule has 0 bridgehead atoms. The number of morpholine rings is 1. The van der Waals surface area contributed by atoms with Crippen molar-refractivity contribution in [3.8, 4) is 0 Å². The largest absolute Gasteiger partial charge is 0.747 e. The van der Waals surface area contributed by atoms with E-state index in [2.05, 4.69) is 188 Å². The third-order valence-corrected chi connectivity index (χ3v) is 14.0. The van der Waals surface area contributed by atoms with E-state index in [-0.39, 0.29) is 17.1 Å². The van der Waals surface area contributed by atoms with E-state index in [1.807, 2.05) is 0 Å². The van der Waals surface area contributed by atoms with Crippen molar-refractivity contribution in [2.75, 3.05) is 46.4 Å². The molecule has 6 aromatic rings. The number of hydrogen-bond donors (Lipinski definition) is 0. The molecule has 0 aromatic heterocycles. The Balaban J connectivity index is 0.000000210. The number of hydrogen-bond acceptors (Lipinski definition) is 3. The molecule has 0 radical (unpaired) electrons. The molecule has 7 rings (SSSR count). The van der Waals surface area contributed by atoms with Gasteiger partial charge in [-0.15, -0.1) is 10.9 Å². The van der Waals surface area contributed by atoms with Crippen LogP contribution in [0.25, 0.3) is 0 Å². The van der Waals surface area contributed by atoms with E-state index in [1.54, 1.807) is 0 Å². The molecule has 0 unspecified atom stereocenters. The molecule has 1 aliphatic heterocycles. The molecule has 0 spiro atoms. The molecule has 1 fully saturated rings. The Morgan fingerprint density at radius 2 is 1.16 bits per heavy atom. The zero-order chi connectivity index (χ0) is 33.0. The first kappa shape index (κ1) is 37.1. The summed E-state index contributed by atoms with van der Waals surface area (Å²) in [5, 5.41) is 8.54. The molecule has 0 saturated carbocycles. The zero-order valence-corrected chi connectivity index (χ0v) is 31.4. The number of nitrogens with zero attached hydrogens (tertiary/aromatic N) is 2. The predicted octanol–water partition coefficient (Wildman–Crippen LogP) is 6.65. The van der Waals surface area contributed by atoms with Crippen molar-refractivity contribution in [2.45, 2.75) is 13.0 Å². The summed E-state index contributed by atoms with van der Waals surface area (Å²) < 4.78 is 5.49. The maximum Gasteiger partial charge on any atom is 0.0594 e. The van der Waals surface area contributed by atoms with Gasteiger partial charge in [-0.3, -0.25) is 4.90 Å². The van der Waals surface area contributed by atoms with Gasteiger partial charge in [0, 0.05) is 43.2 Å². The van der Waals surface area contributed by atoms with E-state index in [4.69, 9.17) is 4.74 Å². The average molecular weight is 725 g/mol. The second-order valence-corrected chi connectivity index (χ2v) is 16.5. The molecule has 0 amide bonds. The van der Waals surface area contributed by atoms with Crippen LogP contribution in [0.2, 0.25) is 0 Å². The molecule has 6 heteroatoms. The summed E-state index contributed by atoms with van der Waals surface area (Å²) in [5.74, 6) is 0. The van der Waals surface area contributed by atoms with Crippen molar-refractivity contribution in [2.24, 2.45) is 0 Å². The standard InChI is InChI=1S/C26H32N2OP.C17H14P.Fe/c1-22(27(2)16-17-28-18-20-29-21-19-28)25-14-9-15-26(25)30(23-10-5-3-6-11-23)24-12-7-4-8-13-24;1-3-9-15(10-4-1)18(17-13-7-8-14-17)16-11-5-2-6-12-16;/h3-15,22H,16-21H2,1-2H3;1-14H;/q-1;-5;/t22-;;/m1../s1. The Morgan fingerprint density at radius 1 is 0.694 bits per heavy atom. The SMILES string of the molecule is C[C@H]([c-]1cccc1P(c1ccccc1)c1ccccc1)N(C)CCN1CCOCC1.[Fe].c1ccc(P(c2ccccc2)[c-]2[cH-][cH-][cH-][cH-]2)cc1. The molecular formula is C43H46FeN2OP2-6. The molecule has 6 aromatic carbocycles. The van der Waals surface area contributed by atoms with Crippen LogP contribution in [-0.2, 0) is 21.8 Å². The Morgan fingerprint density at radius 3 is 1.65 bits per heavy atom. The topological polar surface area (TPSA) is 15.7 Å². The molecule has 258 valence electrons. The van der Waals surface area contributed by atoms with Crippen molar-refractivity contribution in [1.29, 1.82) is 0 Å². The van der Waals surface area contributed by atoms with Crippen molar-refractivity contribution in [3.63, 3.8) is 0 Å². The Hall–Kier alpha value is -3.16. The first-order chi connectivity index (χ1) is 23.7. The molecule has 0 N–H and O–H groups in total. The normalized spacial score (nSPS) is 13.9.